The Morgan fingerprint density at radius 2 is 2.19 bits per heavy atom. The molecule has 0 fully saturated rings. The number of hydrogen-bond acceptors (Lipinski definition) is 3. The highest BCUT2D eigenvalue weighted by Crippen LogP contribution is 2.27. The van der Waals surface area contributed by atoms with E-state index in [1.165, 1.54) is 0 Å². The van der Waals surface area contributed by atoms with Gasteiger partial charge in [0.15, 0.2) is 0 Å². The molecule has 1 N–H and O–H groups in total. The highest BCUT2D eigenvalue weighted by atomic mass is 79.9. The minimum Gasteiger partial charge on any atom is -0.495 e. The predicted molar refractivity (Wildman–Crippen MR) is 67.4 cm³/mol. The van der Waals surface area contributed by atoms with E-state index in [1.807, 2.05) is 37.5 Å². The first kappa shape index (κ1) is 11.0. The van der Waals surface area contributed by atoms with Crippen molar-refractivity contribution in [1.82, 2.24) is 9.78 Å². The summed E-state index contributed by atoms with van der Waals surface area (Å²) in [5.74, 6) is 1.63. The number of hydrogen-bond donors (Lipinski definition) is 1. The molecule has 0 aliphatic heterocycles. The fourth-order valence-electron chi connectivity index (χ4n) is 1.39. The monoisotopic (exact) mass is 281 g/mol. The third kappa shape index (κ3) is 2.04. The Hall–Kier alpha value is -1.49. The lowest BCUT2D eigenvalue weighted by atomic mass is 10.3. The van der Waals surface area contributed by atoms with Crippen LogP contribution in [0.2, 0.25) is 0 Å². The van der Waals surface area contributed by atoms with Crippen LogP contribution in [-0.4, -0.2) is 23.9 Å². The standard InChI is InChI=1S/C11H12BrN3O/c1-13-11-5-6-15(14-11)8-3-4-9(12)10(7-8)16-2/h3-7H,1-2H3,(H,13,14). The van der Waals surface area contributed by atoms with E-state index in [1.54, 1.807) is 11.8 Å². The number of benzene rings is 1. The first-order valence-electron chi connectivity index (χ1n) is 4.82. The molecule has 0 amide bonds. The molecule has 0 radical (unpaired) electrons. The molecule has 0 saturated carbocycles. The molecule has 1 aromatic heterocycles. The summed E-state index contributed by atoms with van der Waals surface area (Å²) in [4.78, 5) is 0. The smallest absolute Gasteiger partial charge is 0.148 e. The number of nitrogens with one attached hydrogen (secondary N) is 1. The topological polar surface area (TPSA) is 39.1 Å². The van der Waals surface area contributed by atoms with Gasteiger partial charge in [-0.1, -0.05) is 0 Å². The van der Waals surface area contributed by atoms with Gasteiger partial charge in [-0.05, 0) is 28.1 Å². The Labute approximate surface area is 102 Å². The molecule has 0 atom stereocenters. The maximum Gasteiger partial charge on any atom is 0.148 e. The summed E-state index contributed by atoms with van der Waals surface area (Å²) in [6.07, 6.45) is 1.90. The molecule has 84 valence electrons. The van der Waals surface area contributed by atoms with E-state index in [0.29, 0.717) is 0 Å². The second kappa shape index (κ2) is 4.57. The molecule has 0 spiro atoms. The summed E-state index contributed by atoms with van der Waals surface area (Å²) in [5.41, 5.74) is 0.960. The lowest BCUT2D eigenvalue weighted by Gasteiger charge is -2.06. The molecule has 5 heteroatoms. The van der Waals surface area contributed by atoms with Crippen molar-refractivity contribution in [3.8, 4) is 11.4 Å². The minimum atomic E-state index is 0.791. The first-order chi connectivity index (χ1) is 7.74. The Kier molecular flexibility index (Phi) is 3.14. The summed E-state index contributed by atoms with van der Waals surface area (Å²) in [7, 11) is 3.49. The van der Waals surface area contributed by atoms with Gasteiger partial charge >= 0.3 is 0 Å². The third-order valence-electron chi connectivity index (χ3n) is 2.24. The Morgan fingerprint density at radius 3 is 2.81 bits per heavy atom. The zero-order valence-corrected chi connectivity index (χ0v) is 10.7. The van der Waals surface area contributed by atoms with Gasteiger partial charge in [0.2, 0.25) is 0 Å². The molecule has 4 nitrogen and oxygen atoms in total. The quantitative estimate of drug-likeness (QED) is 0.940. The van der Waals surface area contributed by atoms with Crippen LogP contribution in [0.5, 0.6) is 5.75 Å². The number of anilines is 1. The van der Waals surface area contributed by atoms with Gasteiger partial charge in [0, 0.05) is 25.4 Å². The molecule has 0 bridgehead atoms. The summed E-state index contributed by atoms with van der Waals surface area (Å²) in [5, 5.41) is 7.32. The van der Waals surface area contributed by atoms with E-state index in [0.717, 1.165) is 21.7 Å². The highest BCUT2D eigenvalue weighted by molar-refractivity contribution is 9.10. The van der Waals surface area contributed by atoms with Gasteiger partial charge in [0.1, 0.15) is 11.6 Å². The minimum absolute atomic E-state index is 0.791. The zero-order valence-electron chi connectivity index (χ0n) is 9.07. The van der Waals surface area contributed by atoms with Crippen LogP contribution in [0.3, 0.4) is 0 Å². The third-order valence-corrected chi connectivity index (χ3v) is 2.90. The average Bonchev–Trinajstić information content (AvgIpc) is 2.78. The normalized spacial score (nSPS) is 10.2. The van der Waals surface area contributed by atoms with Crippen LogP contribution in [-0.2, 0) is 0 Å². The van der Waals surface area contributed by atoms with Crippen LogP contribution in [0.4, 0.5) is 5.82 Å². The van der Waals surface area contributed by atoms with Crippen molar-refractivity contribution in [2.45, 2.75) is 0 Å². The molecule has 2 rings (SSSR count). The average molecular weight is 282 g/mol. The van der Waals surface area contributed by atoms with E-state index >= 15 is 0 Å². The van der Waals surface area contributed by atoms with Crippen molar-refractivity contribution in [1.29, 1.82) is 0 Å². The maximum absolute atomic E-state index is 5.24. The van der Waals surface area contributed by atoms with Crippen LogP contribution >= 0.6 is 15.9 Å². The molecular weight excluding hydrogens is 270 g/mol. The van der Waals surface area contributed by atoms with E-state index in [2.05, 4.69) is 26.3 Å². The number of nitrogens with zero attached hydrogens (tertiary/aromatic N) is 2. The number of aromatic nitrogens is 2. The van der Waals surface area contributed by atoms with Gasteiger partial charge in [0.25, 0.3) is 0 Å². The Morgan fingerprint density at radius 1 is 1.38 bits per heavy atom. The van der Waals surface area contributed by atoms with Crippen LogP contribution < -0.4 is 10.1 Å². The number of ether oxygens (including phenoxy) is 1. The molecule has 1 aromatic carbocycles. The molecular formula is C11H12BrN3O. The van der Waals surface area contributed by atoms with Gasteiger partial charge < -0.3 is 10.1 Å². The fourth-order valence-corrected chi connectivity index (χ4v) is 1.80. The Bertz CT molecular complexity index is 496. The lowest BCUT2D eigenvalue weighted by Crippen LogP contribution is -1.97. The second-order valence-corrected chi connectivity index (χ2v) is 4.07. The SMILES string of the molecule is CNc1ccn(-c2ccc(Br)c(OC)c2)n1. The van der Waals surface area contributed by atoms with Crippen molar-refractivity contribution in [3.63, 3.8) is 0 Å². The number of methoxy groups -OCH3 is 1. The van der Waals surface area contributed by atoms with Crippen molar-refractivity contribution in [2.75, 3.05) is 19.5 Å². The summed E-state index contributed by atoms with van der Waals surface area (Å²) >= 11 is 3.42. The van der Waals surface area contributed by atoms with Crippen molar-refractivity contribution >= 4 is 21.7 Å². The van der Waals surface area contributed by atoms with Crippen molar-refractivity contribution < 1.29 is 4.74 Å². The number of rotatable bonds is 3. The summed E-state index contributed by atoms with van der Waals surface area (Å²) in [6.45, 7) is 0. The molecule has 2 aromatic rings. The zero-order chi connectivity index (χ0) is 11.5. The molecule has 0 aliphatic rings. The van der Waals surface area contributed by atoms with Crippen LogP contribution in [0.1, 0.15) is 0 Å². The van der Waals surface area contributed by atoms with E-state index in [4.69, 9.17) is 4.74 Å². The van der Waals surface area contributed by atoms with Gasteiger partial charge in [-0.2, -0.15) is 5.10 Å². The van der Waals surface area contributed by atoms with Crippen LogP contribution in [0.15, 0.2) is 34.9 Å². The van der Waals surface area contributed by atoms with Crippen LogP contribution in [0, 0.1) is 0 Å². The molecule has 0 unspecified atom stereocenters. The van der Waals surface area contributed by atoms with Crippen molar-refractivity contribution in [2.24, 2.45) is 0 Å². The molecule has 1 heterocycles. The predicted octanol–water partition coefficient (Wildman–Crippen LogP) is 2.69. The molecule has 0 aliphatic carbocycles. The summed E-state index contributed by atoms with van der Waals surface area (Å²) in [6, 6.07) is 7.75. The van der Waals surface area contributed by atoms with E-state index < -0.39 is 0 Å². The second-order valence-electron chi connectivity index (χ2n) is 3.21. The highest BCUT2D eigenvalue weighted by Gasteiger charge is 2.04. The fraction of sp³-hybridized carbons (Fsp3) is 0.182. The van der Waals surface area contributed by atoms with E-state index in [-0.39, 0.29) is 0 Å². The maximum atomic E-state index is 5.24. The summed E-state index contributed by atoms with van der Waals surface area (Å²) < 4.78 is 7.96. The van der Waals surface area contributed by atoms with Gasteiger partial charge in [-0.25, -0.2) is 4.68 Å². The largest absolute Gasteiger partial charge is 0.495 e. The first-order valence-corrected chi connectivity index (χ1v) is 5.61. The van der Waals surface area contributed by atoms with Crippen LogP contribution in [0.25, 0.3) is 5.69 Å². The van der Waals surface area contributed by atoms with Gasteiger partial charge in [0.05, 0.1) is 17.3 Å². The van der Waals surface area contributed by atoms with E-state index in [9.17, 15) is 0 Å². The Balaban J connectivity index is 2.40. The van der Waals surface area contributed by atoms with Crippen molar-refractivity contribution in [3.05, 3.63) is 34.9 Å². The number of halogens is 1. The van der Waals surface area contributed by atoms with Gasteiger partial charge in [-0.3, -0.25) is 0 Å². The molecule has 0 saturated heterocycles. The lowest BCUT2D eigenvalue weighted by molar-refractivity contribution is 0.412. The van der Waals surface area contributed by atoms with Gasteiger partial charge in [-0.15, -0.1) is 0 Å². The molecule has 16 heavy (non-hydrogen) atoms.